The van der Waals surface area contributed by atoms with Crippen molar-refractivity contribution < 1.29 is 14.3 Å². The summed E-state index contributed by atoms with van der Waals surface area (Å²) in [5, 5.41) is 16.0. The summed E-state index contributed by atoms with van der Waals surface area (Å²) in [5.74, 6) is 1.47. The molecular formula is C28H32N6O3. The first-order valence-electron chi connectivity index (χ1n) is 12.4. The molecule has 0 atom stereocenters. The number of benzene rings is 2. The van der Waals surface area contributed by atoms with Crippen LogP contribution in [0.4, 0.5) is 16.2 Å². The number of para-hydroxylation sites is 1. The Morgan fingerprint density at radius 1 is 1.11 bits per heavy atom. The Bertz CT molecular complexity index is 1290. The number of ether oxygens (including phenoxy) is 2. The van der Waals surface area contributed by atoms with Crippen molar-refractivity contribution in [1.82, 2.24) is 9.58 Å². The molecule has 0 saturated heterocycles. The molecule has 1 aliphatic rings. The lowest BCUT2D eigenvalue weighted by atomic mass is 10.1. The van der Waals surface area contributed by atoms with E-state index in [0.29, 0.717) is 42.4 Å². The molecule has 1 aromatic heterocycles. The first kappa shape index (κ1) is 25.7. The van der Waals surface area contributed by atoms with Crippen LogP contribution in [0.15, 0.2) is 66.4 Å². The largest absolute Gasteiger partial charge is 0.457 e. The van der Waals surface area contributed by atoms with E-state index < -0.39 is 6.09 Å². The molecule has 2 aromatic carbocycles. The van der Waals surface area contributed by atoms with Crippen molar-refractivity contribution in [1.29, 1.82) is 5.26 Å². The lowest BCUT2D eigenvalue weighted by Gasteiger charge is -2.23. The van der Waals surface area contributed by atoms with E-state index in [1.54, 1.807) is 6.20 Å². The standard InChI is InChI=1S/C28H32N6O3/c1-4-33(5-2)15-16-36-28(35)32-25-19-34-27(20(25)3)26(21(17-29)18-30-34)31-22-11-13-24(14-12-22)37-23-9-7-6-8-10-23/h6-14,19,30-31H,4-5,15-16,18H2,1-3H3,(H,32,35). The molecule has 9 heteroatoms. The Labute approximate surface area is 217 Å². The van der Waals surface area contributed by atoms with Crippen LogP contribution in [0.2, 0.25) is 0 Å². The second-order valence-electron chi connectivity index (χ2n) is 8.54. The molecule has 4 rings (SSSR count). The van der Waals surface area contributed by atoms with Crippen LogP contribution in [0.5, 0.6) is 11.5 Å². The molecule has 3 N–H and O–H groups in total. The topological polar surface area (TPSA) is 104 Å². The Hall–Kier alpha value is -4.42. The maximum absolute atomic E-state index is 12.4. The highest BCUT2D eigenvalue weighted by Gasteiger charge is 2.25. The van der Waals surface area contributed by atoms with Crippen LogP contribution in [0.1, 0.15) is 25.1 Å². The van der Waals surface area contributed by atoms with Gasteiger partial charge in [0.25, 0.3) is 0 Å². The second-order valence-corrected chi connectivity index (χ2v) is 8.54. The molecular weight excluding hydrogens is 468 g/mol. The van der Waals surface area contributed by atoms with Gasteiger partial charge in [0, 0.05) is 17.8 Å². The lowest BCUT2D eigenvalue weighted by Crippen LogP contribution is -2.28. The highest BCUT2D eigenvalue weighted by Crippen LogP contribution is 2.33. The van der Waals surface area contributed by atoms with Crippen LogP contribution in [0, 0.1) is 18.3 Å². The summed E-state index contributed by atoms with van der Waals surface area (Å²) < 4.78 is 13.1. The van der Waals surface area contributed by atoms with Crippen LogP contribution in [-0.4, -0.2) is 48.5 Å². The molecule has 0 radical (unpaired) electrons. The number of fused-ring (bicyclic) bond motifs is 1. The van der Waals surface area contributed by atoms with Gasteiger partial charge in [0.15, 0.2) is 0 Å². The number of likely N-dealkylation sites (N-methyl/N-ethyl adjacent to an activating group) is 1. The Morgan fingerprint density at radius 3 is 2.49 bits per heavy atom. The van der Waals surface area contributed by atoms with E-state index in [0.717, 1.165) is 35.8 Å². The highest BCUT2D eigenvalue weighted by molar-refractivity contribution is 5.90. The van der Waals surface area contributed by atoms with E-state index >= 15 is 0 Å². The van der Waals surface area contributed by atoms with Gasteiger partial charge in [-0.3, -0.25) is 9.99 Å². The third-order valence-electron chi connectivity index (χ3n) is 6.23. The monoisotopic (exact) mass is 500 g/mol. The predicted octanol–water partition coefficient (Wildman–Crippen LogP) is 5.38. The van der Waals surface area contributed by atoms with Crippen molar-refractivity contribution in [3.8, 4) is 17.6 Å². The number of aromatic nitrogens is 1. The Balaban J connectivity index is 1.47. The van der Waals surface area contributed by atoms with Gasteiger partial charge >= 0.3 is 6.09 Å². The van der Waals surface area contributed by atoms with Gasteiger partial charge < -0.3 is 25.1 Å². The third-order valence-corrected chi connectivity index (χ3v) is 6.23. The molecule has 0 spiro atoms. The smallest absolute Gasteiger partial charge is 0.411 e. The summed E-state index contributed by atoms with van der Waals surface area (Å²) in [4.78, 5) is 14.6. The third kappa shape index (κ3) is 6.23. The fraction of sp³-hybridized carbons (Fsp3) is 0.286. The normalized spacial score (nSPS) is 12.4. The van der Waals surface area contributed by atoms with Gasteiger partial charge in [-0.05, 0) is 56.4 Å². The Kier molecular flexibility index (Phi) is 8.33. The summed E-state index contributed by atoms with van der Waals surface area (Å²) in [6.45, 7) is 9.22. The molecule has 37 heavy (non-hydrogen) atoms. The maximum Gasteiger partial charge on any atom is 0.411 e. The second kappa shape index (κ2) is 12.0. The number of hydrogen-bond donors (Lipinski definition) is 3. The molecule has 0 fully saturated rings. The number of nitrogens with zero attached hydrogens (tertiary/aromatic N) is 3. The van der Waals surface area contributed by atoms with Crippen molar-refractivity contribution in [2.75, 3.05) is 48.8 Å². The zero-order valence-electron chi connectivity index (χ0n) is 21.4. The van der Waals surface area contributed by atoms with Crippen molar-refractivity contribution in [2.45, 2.75) is 20.8 Å². The van der Waals surface area contributed by atoms with Gasteiger partial charge in [-0.1, -0.05) is 32.0 Å². The first-order chi connectivity index (χ1) is 18.0. The maximum atomic E-state index is 12.4. The summed E-state index contributed by atoms with van der Waals surface area (Å²) >= 11 is 0. The molecule has 0 saturated carbocycles. The van der Waals surface area contributed by atoms with Crippen molar-refractivity contribution in [3.63, 3.8) is 0 Å². The van der Waals surface area contributed by atoms with Crippen LogP contribution in [0.3, 0.4) is 0 Å². The van der Waals surface area contributed by atoms with E-state index in [4.69, 9.17) is 9.47 Å². The van der Waals surface area contributed by atoms with Gasteiger partial charge in [0.1, 0.15) is 18.1 Å². The minimum Gasteiger partial charge on any atom is -0.457 e. The molecule has 1 aliphatic heterocycles. The average Bonchev–Trinajstić information content (AvgIpc) is 3.23. The predicted molar refractivity (Wildman–Crippen MR) is 145 cm³/mol. The summed E-state index contributed by atoms with van der Waals surface area (Å²) in [7, 11) is 0. The van der Waals surface area contributed by atoms with Gasteiger partial charge in [-0.15, -0.1) is 0 Å². The van der Waals surface area contributed by atoms with Gasteiger partial charge in [0.05, 0.1) is 41.5 Å². The zero-order chi connectivity index (χ0) is 26.2. The fourth-order valence-corrected chi connectivity index (χ4v) is 4.11. The molecule has 0 aliphatic carbocycles. The average molecular weight is 501 g/mol. The number of nitrogens with one attached hydrogen (secondary N) is 3. The highest BCUT2D eigenvalue weighted by atomic mass is 16.5. The molecule has 0 unspecified atom stereocenters. The van der Waals surface area contributed by atoms with Crippen LogP contribution >= 0.6 is 0 Å². The van der Waals surface area contributed by atoms with Crippen molar-refractivity contribution in [2.24, 2.45) is 0 Å². The fourth-order valence-electron chi connectivity index (χ4n) is 4.11. The number of nitriles is 1. The molecule has 3 aromatic rings. The SMILES string of the molecule is CCN(CC)CCOC(=O)Nc1cn2c(c1C)C(Nc1ccc(Oc3ccccc3)cc1)=C(C#N)CN2. The van der Waals surface area contributed by atoms with E-state index in [9.17, 15) is 10.1 Å². The Morgan fingerprint density at radius 2 is 1.81 bits per heavy atom. The summed E-state index contributed by atoms with van der Waals surface area (Å²) in [6, 6.07) is 19.4. The minimum atomic E-state index is -0.508. The van der Waals surface area contributed by atoms with Crippen LogP contribution in [0.25, 0.3) is 5.70 Å². The molecule has 2 heterocycles. The van der Waals surface area contributed by atoms with Crippen LogP contribution in [-0.2, 0) is 4.74 Å². The summed E-state index contributed by atoms with van der Waals surface area (Å²) in [5.41, 5.74) is 7.44. The lowest BCUT2D eigenvalue weighted by molar-refractivity contribution is 0.142. The van der Waals surface area contributed by atoms with Crippen molar-refractivity contribution in [3.05, 3.63) is 77.6 Å². The number of amides is 1. The van der Waals surface area contributed by atoms with E-state index in [1.807, 2.05) is 66.2 Å². The molecule has 9 nitrogen and oxygen atoms in total. The number of carbonyl (C=O) groups excluding carboxylic acids is 1. The first-order valence-corrected chi connectivity index (χ1v) is 12.4. The van der Waals surface area contributed by atoms with E-state index in [-0.39, 0.29) is 0 Å². The number of hydrogen-bond acceptors (Lipinski definition) is 7. The molecule has 0 bridgehead atoms. The molecule has 192 valence electrons. The van der Waals surface area contributed by atoms with Crippen molar-refractivity contribution >= 4 is 23.2 Å². The van der Waals surface area contributed by atoms with E-state index in [1.165, 1.54) is 0 Å². The van der Waals surface area contributed by atoms with Gasteiger partial charge in [-0.2, -0.15) is 5.26 Å². The number of carbonyl (C=O) groups is 1. The number of anilines is 2. The minimum absolute atomic E-state index is 0.313. The van der Waals surface area contributed by atoms with Crippen LogP contribution < -0.4 is 20.8 Å². The summed E-state index contributed by atoms with van der Waals surface area (Å²) in [6.07, 6.45) is 1.29. The molecule has 1 amide bonds. The van der Waals surface area contributed by atoms with E-state index in [2.05, 4.69) is 40.9 Å². The van der Waals surface area contributed by atoms with Gasteiger partial charge in [-0.25, -0.2) is 4.79 Å². The zero-order valence-corrected chi connectivity index (χ0v) is 21.4. The van der Waals surface area contributed by atoms with Gasteiger partial charge in [0.2, 0.25) is 0 Å². The quantitative estimate of drug-likeness (QED) is 0.343. The number of rotatable bonds is 10.